The van der Waals surface area contributed by atoms with Crippen LogP contribution in [0.5, 0.6) is 0 Å². The molecule has 2 aromatic rings. The Morgan fingerprint density at radius 2 is 2.33 bits per heavy atom. The van der Waals surface area contributed by atoms with Crippen LogP contribution in [-0.4, -0.2) is 22.2 Å². The second-order valence-electron chi connectivity index (χ2n) is 3.65. The summed E-state index contributed by atoms with van der Waals surface area (Å²) in [6, 6.07) is 7.11. The van der Waals surface area contributed by atoms with Gasteiger partial charge in [-0.15, -0.1) is 0 Å². The summed E-state index contributed by atoms with van der Waals surface area (Å²) < 4.78 is 2.65. The fraction of sp³-hybridized carbons (Fsp3) is 0.167. The van der Waals surface area contributed by atoms with Crippen LogP contribution < -0.4 is 5.32 Å². The first-order valence-electron chi connectivity index (χ1n) is 5.37. The molecule has 0 atom stereocenters. The molecule has 2 rings (SSSR count). The Kier molecular flexibility index (Phi) is 4.60. The van der Waals surface area contributed by atoms with Gasteiger partial charge in [0.1, 0.15) is 0 Å². The van der Waals surface area contributed by atoms with Gasteiger partial charge in [0, 0.05) is 27.5 Å². The normalized spacial score (nSPS) is 10.3. The van der Waals surface area contributed by atoms with Crippen LogP contribution >= 0.6 is 34.2 Å². The molecule has 0 aliphatic carbocycles. The monoisotopic (exact) mass is 375 g/mol. The zero-order valence-electron chi connectivity index (χ0n) is 9.44. The summed E-state index contributed by atoms with van der Waals surface area (Å²) in [5, 5.41) is 7.46. The molecule has 0 unspecified atom stereocenters. The van der Waals surface area contributed by atoms with E-state index < -0.39 is 0 Å². The van der Waals surface area contributed by atoms with Gasteiger partial charge in [-0.1, -0.05) is 11.6 Å². The summed E-state index contributed by atoms with van der Waals surface area (Å²) in [6.45, 7) is 1.18. The van der Waals surface area contributed by atoms with Crippen LogP contribution in [0, 0.1) is 3.57 Å². The maximum absolute atomic E-state index is 11.9. The highest BCUT2D eigenvalue weighted by Gasteiger charge is 2.09. The van der Waals surface area contributed by atoms with Crippen LogP contribution in [0.15, 0.2) is 36.7 Å². The van der Waals surface area contributed by atoms with Gasteiger partial charge >= 0.3 is 0 Å². The summed E-state index contributed by atoms with van der Waals surface area (Å²) in [6.07, 6.45) is 3.57. The lowest BCUT2D eigenvalue weighted by atomic mass is 10.2. The average molecular weight is 376 g/mol. The maximum atomic E-state index is 11.9. The summed E-state index contributed by atoms with van der Waals surface area (Å²) in [7, 11) is 0. The summed E-state index contributed by atoms with van der Waals surface area (Å²) in [5.41, 5.74) is 0.601. The molecule has 94 valence electrons. The SMILES string of the molecule is O=C(NCCn1cccn1)c1cc(Cl)ccc1I. The van der Waals surface area contributed by atoms with Crippen LogP contribution in [0.1, 0.15) is 10.4 Å². The largest absolute Gasteiger partial charge is 0.350 e. The van der Waals surface area contributed by atoms with E-state index in [1.165, 1.54) is 0 Å². The fourth-order valence-electron chi connectivity index (χ4n) is 1.48. The molecular formula is C12H11ClIN3O. The zero-order valence-corrected chi connectivity index (χ0v) is 12.4. The molecular weight excluding hydrogens is 365 g/mol. The molecule has 1 heterocycles. The number of carbonyl (C=O) groups is 1. The highest BCUT2D eigenvalue weighted by Crippen LogP contribution is 2.17. The van der Waals surface area contributed by atoms with Gasteiger partial charge in [0.25, 0.3) is 5.91 Å². The Labute approximate surface area is 123 Å². The van der Waals surface area contributed by atoms with Crippen molar-refractivity contribution < 1.29 is 4.79 Å². The van der Waals surface area contributed by atoms with Crippen LogP contribution in [0.2, 0.25) is 5.02 Å². The van der Waals surface area contributed by atoms with E-state index in [9.17, 15) is 4.79 Å². The average Bonchev–Trinajstić information content (AvgIpc) is 2.85. The third-order valence-electron chi connectivity index (χ3n) is 2.36. The topological polar surface area (TPSA) is 46.9 Å². The third-order valence-corrected chi connectivity index (χ3v) is 3.53. The van der Waals surface area contributed by atoms with Crippen LogP contribution in [0.4, 0.5) is 0 Å². The minimum Gasteiger partial charge on any atom is -0.350 e. The van der Waals surface area contributed by atoms with Crippen molar-refractivity contribution in [2.24, 2.45) is 0 Å². The molecule has 0 radical (unpaired) electrons. The predicted molar refractivity (Wildman–Crippen MR) is 78.7 cm³/mol. The van der Waals surface area contributed by atoms with Gasteiger partial charge in [-0.2, -0.15) is 5.10 Å². The lowest BCUT2D eigenvalue weighted by Gasteiger charge is -2.07. The molecule has 0 aliphatic heterocycles. The first-order chi connectivity index (χ1) is 8.66. The number of aromatic nitrogens is 2. The van der Waals surface area contributed by atoms with Crippen molar-refractivity contribution in [3.05, 3.63) is 50.8 Å². The first-order valence-corrected chi connectivity index (χ1v) is 6.83. The first kappa shape index (κ1) is 13.4. The molecule has 1 N–H and O–H groups in total. The molecule has 0 saturated heterocycles. The molecule has 0 bridgehead atoms. The molecule has 0 fully saturated rings. The number of halogens is 2. The van der Waals surface area contributed by atoms with Crippen molar-refractivity contribution in [1.82, 2.24) is 15.1 Å². The van der Waals surface area contributed by atoms with E-state index in [0.717, 1.165) is 3.57 Å². The predicted octanol–water partition coefficient (Wildman–Crippen LogP) is 2.57. The number of hydrogen-bond donors (Lipinski definition) is 1. The van der Waals surface area contributed by atoms with E-state index in [1.807, 2.05) is 18.3 Å². The number of nitrogens with one attached hydrogen (secondary N) is 1. The Hall–Kier alpha value is -1.08. The Morgan fingerprint density at radius 3 is 3.06 bits per heavy atom. The highest BCUT2D eigenvalue weighted by molar-refractivity contribution is 14.1. The van der Waals surface area contributed by atoms with Crippen molar-refractivity contribution in [2.75, 3.05) is 6.54 Å². The second-order valence-corrected chi connectivity index (χ2v) is 5.25. The van der Waals surface area contributed by atoms with Gasteiger partial charge in [0.2, 0.25) is 0 Å². The minimum absolute atomic E-state index is 0.117. The van der Waals surface area contributed by atoms with Gasteiger partial charge in [0.15, 0.2) is 0 Å². The third kappa shape index (κ3) is 3.46. The standard InChI is InChI=1S/C12H11ClIN3O/c13-9-2-3-11(14)10(8-9)12(18)15-5-7-17-6-1-4-16-17/h1-4,6,8H,5,7H2,(H,15,18). The quantitative estimate of drug-likeness (QED) is 0.835. The van der Waals surface area contributed by atoms with Gasteiger partial charge in [-0.3, -0.25) is 9.48 Å². The molecule has 0 saturated carbocycles. The molecule has 1 aromatic carbocycles. The van der Waals surface area contributed by atoms with Gasteiger partial charge in [0.05, 0.1) is 12.1 Å². The number of carbonyl (C=O) groups excluding carboxylic acids is 1. The molecule has 4 nitrogen and oxygen atoms in total. The Balaban J connectivity index is 1.93. The van der Waals surface area contributed by atoms with Crippen molar-refractivity contribution >= 4 is 40.1 Å². The smallest absolute Gasteiger partial charge is 0.252 e. The maximum Gasteiger partial charge on any atom is 0.252 e. The van der Waals surface area contributed by atoms with E-state index in [4.69, 9.17) is 11.6 Å². The minimum atomic E-state index is -0.117. The van der Waals surface area contributed by atoms with E-state index in [1.54, 1.807) is 23.0 Å². The molecule has 18 heavy (non-hydrogen) atoms. The van der Waals surface area contributed by atoms with E-state index in [-0.39, 0.29) is 5.91 Å². The highest BCUT2D eigenvalue weighted by atomic mass is 127. The number of benzene rings is 1. The van der Waals surface area contributed by atoms with Gasteiger partial charge in [-0.25, -0.2) is 0 Å². The van der Waals surface area contributed by atoms with Crippen LogP contribution in [0.25, 0.3) is 0 Å². The van der Waals surface area contributed by atoms with Crippen LogP contribution in [0.3, 0.4) is 0 Å². The van der Waals surface area contributed by atoms with Crippen molar-refractivity contribution in [2.45, 2.75) is 6.54 Å². The molecule has 1 amide bonds. The number of nitrogens with zero attached hydrogens (tertiary/aromatic N) is 2. The lowest BCUT2D eigenvalue weighted by molar-refractivity contribution is 0.0951. The second kappa shape index (κ2) is 6.19. The van der Waals surface area contributed by atoms with Crippen LogP contribution in [-0.2, 0) is 6.54 Å². The summed E-state index contributed by atoms with van der Waals surface area (Å²) >= 11 is 8.00. The molecule has 1 aromatic heterocycles. The van der Waals surface area contributed by atoms with E-state index >= 15 is 0 Å². The van der Waals surface area contributed by atoms with Crippen molar-refractivity contribution in [3.63, 3.8) is 0 Å². The molecule has 6 heteroatoms. The van der Waals surface area contributed by atoms with Crippen molar-refractivity contribution in [3.8, 4) is 0 Å². The molecule has 0 aliphatic rings. The number of amides is 1. The summed E-state index contributed by atoms with van der Waals surface area (Å²) in [5.74, 6) is -0.117. The zero-order chi connectivity index (χ0) is 13.0. The van der Waals surface area contributed by atoms with E-state index in [2.05, 4.69) is 33.0 Å². The van der Waals surface area contributed by atoms with Gasteiger partial charge in [-0.05, 0) is 46.9 Å². The van der Waals surface area contributed by atoms with Crippen molar-refractivity contribution in [1.29, 1.82) is 0 Å². The summed E-state index contributed by atoms with van der Waals surface area (Å²) in [4.78, 5) is 11.9. The Bertz CT molecular complexity index is 542. The number of rotatable bonds is 4. The van der Waals surface area contributed by atoms with Gasteiger partial charge < -0.3 is 5.32 Å². The van der Waals surface area contributed by atoms with E-state index in [0.29, 0.717) is 23.7 Å². The Morgan fingerprint density at radius 1 is 1.50 bits per heavy atom. The lowest BCUT2D eigenvalue weighted by Crippen LogP contribution is -2.28. The molecule has 0 spiro atoms. The number of hydrogen-bond acceptors (Lipinski definition) is 2. The fourth-order valence-corrected chi connectivity index (χ4v) is 2.24.